The van der Waals surface area contributed by atoms with E-state index in [0.717, 1.165) is 10.7 Å². The highest BCUT2D eigenvalue weighted by atomic mass is 35.7. The van der Waals surface area contributed by atoms with Gasteiger partial charge < -0.3 is 15.8 Å². The number of ether oxygens (including phenoxy) is 1. The number of carbonyl (C=O) groups is 2. The fourth-order valence-electron chi connectivity index (χ4n) is 2.57. The zero-order valence-electron chi connectivity index (χ0n) is 18.2. The molecule has 11 heteroatoms. The van der Waals surface area contributed by atoms with Crippen LogP contribution in [0.4, 0.5) is 5.69 Å². The molecule has 9 nitrogen and oxygen atoms in total. The first-order chi connectivity index (χ1) is 14.3. The van der Waals surface area contributed by atoms with Crippen LogP contribution in [0.25, 0.3) is 0 Å². The molecule has 158 valence electrons. The average molecular weight is 445 g/mol. The van der Waals surface area contributed by atoms with Gasteiger partial charge >= 0.3 is 0 Å². The lowest BCUT2D eigenvalue weighted by Gasteiger charge is -2.13. The van der Waals surface area contributed by atoms with E-state index in [9.17, 15) is 18.0 Å². The quantitative estimate of drug-likeness (QED) is 0.570. The lowest BCUT2D eigenvalue weighted by Crippen LogP contribution is -2.21. The van der Waals surface area contributed by atoms with Gasteiger partial charge in [0.05, 0.1) is 28.4 Å². The topological polar surface area (TPSA) is 133 Å². The van der Waals surface area contributed by atoms with Crippen LogP contribution in [0.2, 0.25) is 0 Å². The Hall–Kier alpha value is -2.59. The summed E-state index contributed by atoms with van der Waals surface area (Å²) in [4.78, 5) is 24.7. The summed E-state index contributed by atoms with van der Waals surface area (Å²) in [7, 11) is 2.66. The highest BCUT2D eigenvalue weighted by Gasteiger charge is 2.24. The van der Waals surface area contributed by atoms with Crippen LogP contribution in [0.5, 0.6) is 5.75 Å². The van der Waals surface area contributed by atoms with E-state index in [1.807, 2.05) is 6.92 Å². The van der Waals surface area contributed by atoms with E-state index in [1.165, 1.54) is 19.2 Å². The third kappa shape index (κ3) is 5.27. The summed E-state index contributed by atoms with van der Waals surface area (Å²) >= 11 is 0. The first-order valence-electron chi connectivity index (χ1n) is 9.73. The van der Waals surface area contributed by atoms with Crippen molar-refractivity contribution >= 4 is 37.2 Å². The minimum absolute atomic E-state index is 0.00984. The van der Waals surface area contributed by atoms with E-state index >= 15 is 0 Å². The Morgan fingerprint density at radius 3 is 2.59 bits per heavy atom. The van der Waals surface area contributed by atoms with Gasteiger partial charge in [0.1, 0.15) is 11.4 Å². The number of halogens is 1. The molecule has 0 radical (unpaired) electrons. The second kappa shape index (κ2) is 9.27. The van der Waals surface area contributed by atoms with Crippen molar-refractivity contribution in [2.45, 2.75) is 38.0 Å². The number of rotatable bonds is 9. The van der Waals surface area contributed by atoms with Gasteiger partial charge in [0.2, 0.25) is 0 Å². The van der Waals surface area contributed by atoms with E-state index in [2.05, 4.69) is 10.4 Å². The molecule has 0 aliphatic rings. The van der Waals surface area contributed by atoms with Crippen LogP contribution >= 0.6 is 10.7 Å². The second-order valence-corrected chi connectivity index (χ2v) is 8.55. The van der Waals surface area contributed by atoms with Crippen LogP contribution in [0.3, 0.4) is 0 Å². The Morgan fingerprint density at radius 2 is 2.03 bits per heavy atom. The number of nitrogens with zero attached hydrogens (tertiary/aromatic N) is 2. The van der Waals surface area contributed by atoms with E-state index in [0.29, 0.717) is 6.42 Å². The van der Waals surface area contributed by atoms with Crippen molar-refractivity contribution in [1.29, 1.82) is 0 Å². The number of nitrogens with one attached hydrogen (secondary N) is 1. The number of carbonyl (C=O) groups excluding carboxylic acids is 2. The van der Waals surface area contributed by atoms with Crippen molar-refractivity contribution in [3.05, 3.63) is 35.2 Å². The molecule has 0 fully saturated rings. The molecule has 0 aliphatic heterocycles. The van der Waals surface area contributed by atoms with Gasteiger partial charge in [-0.3, -0.25) is 14.3 Å². The average Bonchev–Trinajstić information content (AvgIpc) is 3.02. The molecule has 1 aromatic carbocycles. The number of hydrogen-bond acceptors (Lipinski definition) is 6. The van der Waals surface area contributed by atoms with Gasteiger partial charge in [-0.15, -0.1) is 0 Å². The number of anilines is 1. The van der Waals surface area contributed by atoms with Crippen molar-refractivity contribution in [3.63, 3.8) is 0 Å². The van der Waals surface area contributed by atoms with E-state index in [4.69, 9.17) is 23.9 Å². The van der Waals surface area contributed by atoms with Gasteiger partial charge in [-0.1, -0.05) is 20.3 Å². The molecular formula is C18H23ClN4O5S. The zero-order chi connectivity index (χ0) is 23.6. The molecule has 1 aromatic heterocycles. The van der Waals surface area contributed by atoms with Gasteiger partial charge in [-0.25, -0.2) is 8.42 Å². The van der Waals surface area contributed by atoms with Crippen LogP contribution in [0.15, 0.2) is 23.1 Å². The SMILES string of the molecule is [2H]C([2H])(CC)c1nn(C)c(C(N)=O)c1NC(=O)c1cc(S(=O)(=O)Cl)ccc1OCCC. The predicted molar refractivity (Wildman–Crippen MR) is 109 cm³/mol. The first-order valence-corrected chi connectivity index (χ1v) is 11.0. The molecule has 0 saturated heterocycles. The Kier molecular flexibility index (Phi) is 6.30. The standard InChI is InChI=1S/C18H23ClN4O5S/c1-4-6-13-15(16(17(20)24)23(3)22-13)21-18(25)12-10-11(29(19,26)27)7-8-14(12)28-9-5-2/h7-8,10H,4-6,9H2,1-3H3,(H2,20,24)(H,21,25)/i6D2. The molecule has 0 unspecified atom stereocenters. The summed E-state index contributed by atoms with van der Waals surface area (Å²) in [5, 5.41) is 6.48. The number of hydrogen-bond donors (Lipinski definition) is 2. The van der Waals surface area contributed by atoms with Gasteiger partial charge in [0.25, 0.3) is 20.9 Å². The van der Waals surface area contributed by atoms with Crippen molar-refractivity contribution in [2.75, 3.05) is 11.9 Å². The highest BCUT2D eigenvalue weighted by Crippen LogP contribution is 2.28. The van der Waals surface area contributed by atoms with Crippen LogP contribution in [-0.2, 0) is 22.5 Å². The third-order valence-electron chi connectivity index (χ3n) is 3.80. The number of aromatic nitrogens is 2. The number of aryl methyl sites for hydroxylation is 2. The summed E-state index contributed by atoms with van der Waals surface area (Å²) in [5.41, 5.74) is 4.65. The monoisotopic (exact) mass is 444 g/mol. The maximum absolute atomic E-state index is 13.1. The maximum atomic E-state index is 13.1. The van der Waals surface area contributed by atoms with E-state index < -0.39 is 27.2 Å². The Labute approximate surface area is 176 Å². The summed E-state index contributed by atoms with van der Waals surface area (Å²) in [6, 6.07) is 3.53. The van der Waals surface area contributed by atoms with E-state index in [-0.39, 0.29) is 46.3 Å². The molecule has 29 heavy (non-hydrogen) atoms. The van der Waals surface area contributed by atoms with E-state index in [1.54, 1.807) is 6.92 Å². The van der Waals surface area contributed by atoms with Crippen LogP contribution in [-0.4, -0.2) is 36.6 Å². The summed E-state index contributed by atoms with van der Waals surface area (Å²) < 4.78 is 46.4. The molecule has 1 heterocycles. The zero-order valence-corrected chi connectivity index (χ0v) is 17.7. The second-order valence-electron chi connectivity index (χ2n) is 5.99. The molecule has 2 aromatic rings. The van der Waals surface area contributed by atoms with Crippen molar-refractivity contribution in [2.24, 2.45) is 12.8 Å². The Bertz CT molecular complexity index is 1120. The Balaban J connectivity index is 2.62. The fraction of sp³-hybridized carbons (Fsp3) is 0.389. The lowest BCUT2D eigenvalue weighted by molar-refractivity contribution is 0.0992. The highest BCUT2D eigenvalue weighted by molar-refractivity contribution is 8.13. The summed E-state index contributed by atoms with van der Waals surface area (Å²) in [6.07, 6.45) is -1.33. The number of benzene rings is 1. The predicted octanol–water partition coefficient (Wildman–Crippen LogP) is 2.44. The molecule has 3 N–H and O–H groups in total. The maximum Gasteiger partial charge on any atom is 0.269 e. The van der Waals surface area contributed by atoms with Crippen molar-refractivity contribution < 1.29 is 25.5 Å². The summed E-state index contributed by atoms with van der Waals surface area (Å²) in [5.74, 6) is -1.69. The third-order valence-corrected chi connectivity index (χ3v) is 5.15. The first kappa shape index (κ1) is 19.7. The molecule has 0 atom stereocenters. The molecule has 2 amide bonds. The molecule has 0 saturated carbocycles. The minimum atomic E-state index is -4.14. The molecule has 0 spiro atoms. The largest absolute Gasteiger partial charge is 0.493 e. The van der Waals surface area contributed by atoms with Gasteiger partial charge in [-0.2, -0.15) is 5.10 Å². The van der Waals surface area contributed by atoms with Crippen molar-refractivity contribution in [1.82, 2.24) is 9.78 Å². The van der Waals surface area contributed by atoms with Gasteiger partial charge in [0.15, 0.2) is 0 Å². The molecule has 2 rings (SSSR count). The fourth-order valence-corrected chi connectivity index (χ4v) is 3.35. The lowest BCUT2D eigenvalue weighted by atomic mass is 10.1. The molecule has 0 aliphatic carbocycles. The number of nitrogens with two attached hydrogens (primary N) is 1. The smallest absolute Gasteiger partial charge is 0.269 e. The van der Waals surface area contributed by atoms with Crippen molar-refractivity contribution in [3.8, 4) is 5.75 Å². The molecule has 0 bridgehead atoms. The normalized spacial score (nSPS) is 12.8. The van der Waals surface area contributed by atoms with Gasteiger partial charge in [-0.05, 0) is 31.0 Å². The summed E-state index contributed by atoms with van der Waals surface area (Å²) in [6.45, 7) is 3.69. The van der Waals surface area contributed by atoms with Crippen LogP contribution < -0.4 is 15.8 Å². The van der Waals surface area contributed by atoms with Gasteiger partial charge in [0, 0.05) is 20.5 Å². The van der Waals surface area contributed by atoms with Crippen LogP contribution in [0, 0.1) is 0 Å². The molecular weight excluding hydrogens is 420 g/mol. The number of primary amides is 1. The Morgan fingerprint density at radius 1 is 1.34 bits per heavy atom. The van der Waals surface area contributed by atoms with Crippen LogP contribution in [0.1, 0.15) is 56.0 Å². The minimum Gasteiger partial charge on any atom is -0.493 e. The number of amides is 2.